The largest absolute Gasteiger partial charge is 0.504 e. The molecule has 69 heavy (non-hydrogen) atoms. The number of phenols is 17. The lowest BCUT2D eigenvalue weighted by molar-refractivity contribution is -0.282. The van der Waals surface area contributed by atoms with E-state index in [0.717, 1.165) is 0 Å². The third-order valence-corrected chi connectivity index (χ3v) is 10.3. The van der Waals surface area contributed by atoms with Crippen LogP contribution in [-0.2, 0) is 28.4 Å². The number of esters is 5. The molecule has 5 atom stereocenters. The zero-order valence-electron chi connectivity index (χ0n) is 33.7. The molecule has 0 aromatic heterocycles. The van der Waals surface area contributed by atoms with Crippen LogP contribution in [0.3, 0.4) is 0 Å². The minimum Gasteiger partial charge on any atom is -0.504 e. The van der Waals surface area contributed by atoms with Gasteiger partial charge in [0.15, 0.2) is 87.0 Å². The average molecular weight is 971 g/mol. The minimum absolute atomic E-state index is 0.486. The molecule has 2 aliphatic rings. The summed E-state index contributed by atoms with van der Waals surface area (Å²) in [6.07, 6.45) is -13.0. The van der Waals surface area contributed by atoms with Crippen LogP contribution in [-0.4, -0.2) is 154 Å². The van der Waals surface area contributed by atoms with Crippen LogP contribution in [0.2, 0.25) is 0 Å². The van der Waals surface area contributed by atoms with E-state index in [1.54, 1.807) is 0 Å². The number of benzene rings is 5. The normalized spacial score (nSPS) is 18.8. The van der Waals surface area contributed by atoms with Gasteiger partial charge in [0.2, 0.25) is 35.4 Å². The van der Waals surface area contributed by atoms with Gasteiger partial charge in [0.25, 0.3) is 0 Å². The summed E-state index contributed by atoms with van der Waals surface area (Å²) in [7, 11) is 0. The first-order chi connectivity index (χ1) is 32.3. The van der Waals surface area contributed by atoms with E-state index in [2.05, 4.69) is 0 Å². The summed E-state index contributed by atoms with van der Waals surface area (Å²) in [4.78, 5) is 70.1. The fourth-order valence-corrected chi connectivity index (χ4v) is 6.92. The number of aromatic hydroxyl groups is 17. The molecule has 2 aliphatic heterocycles. The average Bonchev–Trinajstić information content (AvgIpc) is 3.30. The predicted octanol–water partition coefficient (Wildman–Crippen LogP) is 1.08. The second-order valence-electron chi connectivity index (χ2n) is 14.5. The fourth-order valence-electron chi connectivity index (χ4n) is 6.92. The lowest BCUT2D eigenvalue weighted by atomic mass is 9.90. The SMILES string of the molecule is O=C(OC1OC2COC(=O)c3c(O)c(O)c(O)c(O)c3-c3c(O)c(O)c(O)c(O)c3C(=O)OC(C2OC(=O)c2cc(O)c(O)c(O)c2)C1OC(=O)c1cc(O)c(O)c(O)c1)c1cc(O)c(O)c(O)c1. The Kier molecular flexibility index (Phi) is 11.6. The molecule has 0 radical (unpaired) electrons. The Bertz CT molecular complexity index is 2980. The predicted molar refractivity (Wildman–Crippen MR) is 211 cm³/mol. The lowest BCUT2D eigenvalue weighted by Crippen LogP contribution is -2.63. The van der Waals surface area contributed by atoms with Gasteiger partial charge in [0.1, 0.15) is 23.8 Å². The Morgan fingerprint density at radius 3 is 1.10 bits per heavy atom. The van der Waals surface area contributed by atoms with Crippen LogP contribution in [0.4, 0.5) is 0 Å². The highest BCUT2D eigenvalue weighted by molar-refractivity contribution is 6.11. The first-order valence-corrected chi connectivity index (χ1v) is 18.8. The van der Waals surface area contributed by atoms with E-state index in [1.807, 2.05) is 0 Å². The summed E-state index contributed by atoms with van der Waals surface area (Å²) in [5.74, 6) is -33.5. The fraction of sp³-hybridized carbons (Fsp3) is 0.146. The molecular weight excluding hydrogens is 940 g/mol. The van der Waals surface area contributed by atoms with Crippen molar-refractivity contribution in [3.63, 3.8) is 0 Å². The van der Waals surface area contributed by atoms with Gasteiger partial charge in [-0.25, -0.2) is 24.0 Å². The van der Waals surface area contributed by atoms with Gasteiger partial charge in [-0.2, -0.15) is 0 Å². The topological polar surface area (TPSA) is 485 Å². The minimum atomic E-state index is -2.74. The number of phenolic OH excluding ortho intramolecular Hbond substituents is 17. The monoisotopic (exact) mass is 970 g/mol. The maximum absolute atomic E-state index is 14.7. The number of carbonyl (C=O) groups excluding carboxylic acids is 5. The van der Waals surface area contributed by atoms with E-state index in [4.69, 9.17) is 28.4 Å². The lowest BCUT2D eigenvalue weighted by Gasteiger charge is -2.44. The number of cyclic esters (lactones) is 1. The van der Waals surface area contributed by atoms with Crippen LogP contribution in [0.1, 0.15) is 51.8 Å². The standard InChI is InChI=1S/C41H30O28/c42-11-1-8(2-12(43)22(11)48)36(59)66-33-17-7-64-39(62)20-18(25(51)29(55)31(57)27(20)53)19-21(28(54)32(58)30(56)26(19)52)40(63)67-34(33)35(68-37(60)9-3-13(44)23(49)14(45)4-9)41(65-17)69-38(61)10-5-15(46)24(50)16(47)6-10/h1-6,17,33-35,41-58H,7H2. The molecule has 1 fully saturated rings. The van der Waals surface area contributed by atoms with Crippen molar-refractivity contribution in [1.82, 2.24) is 0 Å². The molecule has 5 unspecified atom stereocenters. The van der Waals surface area contributed by atoms with Crippen molar-refractivity contribution in [2.75, 3.05) is 6.61 Å². The maximum atomic E-state index is 14.7. The van der Waals surface area contributed by atoms with Crippen molar-refractivity contribution in [3.05, 3.63) is 64.2 Å². The maximum Gasteiger partial charge on any atom is 0.343 e. The smallest absolute Gasteiger partial charge is 0.343 e. The van der Waals surface area contributed by atoms with Crippen LogP contribution in [0.25, 0.3) is 11.1 Å². The van der Waals surface area contributed by atoms with E-state index in [1.165, 1.54) is 0 Å². The van der Waals surface area contributed by atoms with E-state index in [-0.39, 0.29) is 0 Å². The summed E-state index contributed by atoms with van der Waals surface area (Å²) in [5, 5.41) is 177. The quantitative estimate of drug-likeness (QED) is 0.0490. The van der Waals surface area contributed by atoms with E-state index in [0.29, 0.717) is 36.4 Å². The Morgan fingerprint density at radius 2 is 0.725 bits per heavy atom. The van der Waals surface area contributed by atoms with Crippen LogP contribution >= 0.6 is 0 Å². The molecule has 1 saturated heterocycles. The Morgan fingerprint density at radius 1 is 0.406 bits per heavy atom. The molecule has 28 heteroatoms. The molecule has 2 bridgehead atoms. The molecule has 28 nitrogen and oxygen atoms in total. The van der Waals surface area contributed by atoms with E-state index >= 15 is 0 Å². The van der Waals surface area contributed by atoms with Gasteiger partial charge >= 0.3 is 29.8 Å². The molecule has 0 aliphatic carbocycles. The molecule has 5 aromatic carbocycles. The molecule has 0 spiro atoms. The summed E-state index contributed by atoms with van der Waals surface area (Å²) in [6.45, 7) is -1.45. The molecule has 17 N–H and O–H groups in total. The summed E-state index contributed by atoms with van der Waals surface area (Å²) < 4.78 is 33.1. The number of hydrogen-bond acceptors (Lipinski definition) is 28. The van der Waals surface area contributed by atoms with Crippen molar-refractivity contribution < 1.29 is 139 Å². The van der Waals surface area contributed by atoms with Crippen LogP contribution in [0.15, 0.2) is 36.4 Å². The van der Waals surface area contributed by atoms with Gasteiger partial charge in [-0.1, -0.05) is 0 Å². The zero-order chi connectivity index (χ0) is 50.8. The number of fused-ring (bicyclic) bond motifs is 5. The molecule has 5 aromatic rings. The van der Waals surface area contributed by atoms with Crippen LogP contribution in [0, 0.1) is 0 Å². The van der Waals surface area contributed by atoms with Crippen molar-refractivity contribution in [3.8, 4) is 109 Å². The molecule has 0 amide bonds. The van der Waals surface area contributed by atoms with Gasteiger partial charge in [0, 0.05) is 0 Å². The highest BCUT2D eigenvalue weighted by Crippen LogP contribution is 2.59. The van der Waals surface area contributed by atoms with Crippen molar-refractivity contribution in [1.29, 1.82) is 0 Å². The molecular formula is C41H30O28. The van der Waals surface area contributed by atoms with Crippen LogP contribution in [0.5, 0.6) is 97.7 Å². The van der Waals surface area contributed by atoms with E-state index in [9.17, 15) is 111 Å². The number of rotatable bonds is 6. The molecule has 2 heterocycles. The van der Waals surface area contributed by atoms with Gasteiger partial charge in [0.05, 0.1) is 27.8 Å². The summed E-state index contributed by atoms with van der Waals surface area (Å²) in [6, 6.07) is 3.01. The van der Waals surface area contributed by atoms with Crippen molar-refractivity contribution in [2.45, 2.75) is 30.7 Å². The second kappa shape index (κ2) is 17.1. The van der Waals surface area contributed by atoms with Gasteiger partial charge in [-0.05, 0) is 36.4 Å². The molecule has 0 saturated carbocycles. The van der Waals surface area contributed by atoms with E-state index < -0.39 is 204 Å². The number of carbonyl (C=O) groups is 5. The zero-order valence-corrected chi connectivity index (χ0v) is 33.7. The summed E-state index contributed by atoms with van der Waals surface area (Å²) >= 11 is 0. The highest BCUT2D eigenvalue weighted by atomic mass is 16.7. The highest BCUT2D eigenvalue weighted by Gasteiger charge is 2.56. The third kappa shape index (κ3) is 7.98. The van der Waals surface area contributed by atoms with Gasteiger partial charge in [-0.3, -0.25) is 0 Å². The Labute approximate surface area is 379 Å². The number of ether oxygens (including phenoxy) is 6. The number of hydrogen-bond donors (Lipinski definition) is 17. The Balaban J connectivity index is 1.50. The van der Waals surface area contributed by atoms with Crippen molar-refractivity contribution in [2.24, 2.45) is 0 Å². The second-order valence-corrected chi connectivity index (χ2v) is 14.5. The third-order valence-electron chi connectivity index (χ3n) is 10.3. The van der Waals surface area contributed by atoms with Gasteiger partial charge < -0.3 is 115 Å². The van der Waals surface area contributed by atoms with Crippen LogP contribution < -0.4 is 0 Å². The first kappa shape index (κ1) is 47.0. The van der Waals surface area contributed by atoms with Gasteiger partial charge in [-0.15, -0.1) is 0 Å². The molecule has 7 rings (SSSR count). The Hall–Kier alpha value is -9.99. The molecule has 362 valence electrons. The first-order valence-electron chi connectivity index (χ1n) is 18.8. The van der Waals surface area contributed by atoms with Crippen molar-refractivity contribution >= 4 is 29.8 Å². The summed E-state index contributed by atoms with van der Waals surface area (Å²) in [5.41, 5.74) is -8.76.